The lowest BCUT2D eigenvalue weighted by Gasteiger charge is -2.24. The molecule has 0 radical (unpaired) electrons. The standard InChI is InChI=1S/C13H23NO6/c1-9(20-7-10-5-3-4-6-19-10)12(15)14-11(8-18-2)13(16)17/h9-11H,3-8H2,1-2H3,(H,14,15)(H,16,17). The van der Waals surface area contributed by atoms with Crippen LogP contribution in [-0.4, -0.2) is 62.2 Å². The van der Waals surface area contributed by atoms with Gasteiger partial charge in [0.2, 0.25) is 5.91 Å². The molecule has 0 saturated carbocycles. The normalized spacial score (nSPS) is 22.0. The fourth-order valence-electron chi connectivity index (χ4n) is 1.90. The number of aliphatic carboxylic acids is 1. The zero-order valence-corrected chi connectivity index (χ0v) is 12.0. The first-order chi connectivity index (χ1) is 9.54. The van der Waals surface area contributed by atoms with E-state index in [0.29, 0.717) is 6.61 Å². The molecule has 1 fully saturated rings. The molecule has 7 nitrogen and oxygen atoms in total. The number of carboxylic acids is 1. The summed E-state index contributed by atoms with van der Waals surface area (Å²) < 4.78 is 15.7. The molecule has 3 atom stereocenters. The van der Waals surface area contributed by atoms with Crippen LogP contribution in [0.25, 0.3) is 0 Å². The second kappa shape index (κ2) is 8.89. The Labute approximate surface area is 118 Å². The van der Waals surface area contributed by atoms with Gasteiger partial charge in [-0.1, -0.05) is 0 Å². The molecule has 1 aliphatic rings. The van der Waals surface area contributed by atoms with Crippen molar-refractivity contribution in [2.45, 2.75) is 44.4 Å². The van der Waals surface area contributed by atoms with Gasteiger partial charge in [0.05, 0.1) is 19.3 Å². The van der Waals surface area contributed by atoms with Crippen LogP contribution in [0.15, 0.2) is 0 Å². The predicted octanol–water partition coefficient (Wildman–Crippen LogP) is 0.176. The molecule has 7 heteroatoms. The Morgan fingerprint density at radius 2 is 2.20 bits per heavy atom. The maximum absolute atomic E-state index is 11.8. The Kier molecular flexibility index (Phi) is 7.50. The average Bonchev–Trinajstić information content (AvgIpc) is 2.45. The van der Waals surface area contributed by atoms with E-state index in [2.05, 4.69) is 5.32 Å². The van der Waals surface area contributed by atoms with Crippen LogP contribution in [0, 0.1) is 0 Å². The van der Waals surface area contributed by atoms with Crippen molar-refractivity contribution in [2.75, 3.05) is 26.9 Å². The summed E-state index contributed by atoms with van der Waals surface area (Å²) >= 11 is 0. The average molecular weight is 289 g/mol. The van der Waals surface area contributed by atoms with Crippen LogP contribution in [-0.2, 0) is 23.8 Å². The number of ether oxygens (including phenoxy) is 3. The number of nitrogens with one attached hydrogen (secondary N) is 1. The van der Waals surface area contributed by atoms with Gasteiger partial charge in [0.25, 0.3) is 0 Å². The first kappa shape index (κ1) is 16.9. The highest BCUT2D eigenvalue weighted by Gasteiger charge is 2.24. The number of rotatable bonds is 8. The number of hydrogen-bond donors (Lipinski definition) is 2. The van der Waals surface area contributed by atoms with Crippen molar-refractivity contribution in [3.63, 3.8) is 0 Å². The third kappa shape index (κ3) is 5.85. The predicted molar refractivity (Wildman–Crippen MR) is 70.4 cm³/mol. The second-order valence-electron chi connectivity index (χ2n) is 4.82. The smallest absolute Gasteiger partial charge is 0.328 e. The molecule has 0 aliphatic carbocycles. The van der Waals surface area contributed by atoms with E-state index in [4.69, 9.17) is 19.3 Å². The number of carbonyl (C=O) groups excluding carboxylic acids is 1. The summed E-state index contributed by atoms with van der Waals surface area (Å²) in [5.41, 5.74) is 0. The van der Waals surface area contributed by atoms with E-state index in [1.165, 1.54) is 7.11 Å². The number of methoxy groups -OCH3 is 1. The van der Waals surface area contributed by atoms with Gasteiger partial charge in [-0.25, -0.2) is 4.79 Å². The summed E-state index contributed by atoms with van der Waals surface area (Å²) in [6.45, 7) is 2.57. The topological polar surface area (TPSA) is 94.1 Å². The molecule has 1 amide bonds. The third-order valence-electron chi connectivity index (χ3n) is 3.12. The van der Waals surface area contributed by atoms with Gasteiger partial charge in [0.1, 0.15) is 6.10 Å². The summed E-state index contributed by atoms with van der Waals surface area (Å²) in [6.07, 6.45) is 2.39. The molecule has 1 rings (SSSR count). The molecule has 1 heterocycles. The van der Waals surface area contributed by atoms with E-state index in [1.807, 2.05) is 0 Å². The van der Waals surface area contributed by atoms with Crippen molar-refractivity contribution in [3.05, 3.63) is 0 Å². The molecule has 0 aromatic heterocycles. The Balaban J connectivity index is 2.31. The lowest BCUT2D eigenvalue weighted by molar-refractivity contribution is -0.146. The summed E-state index contributed by atoms with van der Waals surface area (Å²) in [6, 6.07) is -1.07. The minimum absolute atomic E-state index is 0.0215. The summed E-state index contributed by atoms with van der Waals surface area (Å²) in [5.74, 6) is -1.60. The molecular weight excluding hydrogens is 266 g/mol. The third-order valence-corrected chi connectivity index (χ3v) is 3.12. The van der Waals surface area contributed by atoms with E-state index in [1.54, 1.807) is 6.92 Å². The Bertz CT molecular complexity index is 316. The SMILES string of the molecule is COCC(NC(=O)C(C)OCC1CCCCO1)C(=O)O. The van der Waals surface area contributed by atoms with E-state index >= 15 is 0 Å². The maximum Gasteiger partial charge on any atom is 0.328 e. The Hall–Kier alpha value is -1.18. The lowest BCUT2D eigenvalue weighted by atomic mass is 10.1. The number of hydrogen-bond acceptors (Lipinski definition) is 5. The van der Waals surface area contributed by atoms with Gasteiger partial charge in [-0.3, -0.25) is 4.79 Å². The summed E-state index contributed by atoms with van der Waals surface area (Å²) in [5, 5.41) is 11.3. The summed E-state index contributed by atoms with van der Waals surface area (Å²) in [7, 11) is 1.38. The van der Waals surface area contributed by atoms with Crippen LogP contribution in [0.3, 0.4) is 0 Å². The molecule has 2 N–H and O–H groups in total. The highest BCUT2D eigenvalue weighted by atomic mass is 16.5. The van der Waals surface area contributed by atoms with Crippen LogP contribution in [0.4, 0.5) is 0 Å². The van der Waals surface area contributed by atoms with Gasteiger partial charge in [-0.15, -0.1) is 0 Å². The molecule has 0 spiro atoms. The van der Waals surface area contributed by atoms with E-state index in [0.717, 1.165) is 25.9 Å². The summed E-state index contributed by atoms with van der Waals surface area (Å²) in [4.78, 5) is 22.7. The minimum atomic E-state index is -1.14. The largest absolute Gasteiger partial charge is 0.480 e. The highest BCUT2D eigenvalue weighted by molar-refractivity contribution is 5.86. The molecule has 0 aromatic carbocycles. The first-order valence-corrected chi connectivity index (χ1v) is 6.80. The van der Waals surface area contributed by atoms with Gasteiger partial charge < -0.3 is 24.6 Å². The molecule has 116 valence electrons. The number of carbonyl (C=O) groups is 2. The quantitative estimate of drug-likeness (QED) is 0.662. The molecule has 3 unspecified atom stereocenters. The Morgan fingerprint density at radius 1 is 1.45 bits per heavy atom. The zero-order valence-electron chi connectivity index (χ0n) is 12.0. The van der Waals surface area contributed by atoms with Crippen molar-refractivity contribution in [1.29, 1.82) is 0 Å². The zero-order chi connectivity index (χ0) is 15.0. The first-order valence-electron chi connectivity index (χ1n) is 6.80. The van der Waals surface area contributed by atoms with Crippen molar-refractivity contribution in [1.82, 2.24) is 5.32 Å². The lowest BCUT2D eigenvalue weighted by Crippen LogP contribution is -2.48. The Morgan fingerprint density at radius 3 is 2.75 bits per heavy atom. The van der Waals surface area contributed by atoms with Gasteiger partial charge in [-0.2, -0.15) is 0 Å². The molecule has 1 aliphatic heterocycles. The van der Waals surface area contributed by atoms with E-state index < -0.39 is 24.0 Å². The van der Waals surface area contributed by atoms with E-state index in [9.17, 15) is 9.59 Å². The van der Waals surface area contributed by atoms with Crippen LogP contribution in [0.2, 0.25) is 0 Å². The van der Waals surface area contributed by atoms with Crippen LogP contribution in [0.5, 0.6) is 0 Å². The van der Waals surface area contributed by atoms with Crippen molar-refractivity contribution < 1.29 is 28.9 Å². The van der Waals surface area contributed by atoms with Crippen molar-refractivity contribution >= 4 is 11.9 Å². The van der Waals surface area contributed by atoms with Crippen LogP contribution >= 0.6 is 0 Å². The second-order valence-corrected chi connectivity index (χ2v) is 4.82. The van der Waals surface area contributed by atoms with E-state index in [-0.39, 0.29) is 12.7 Å². The highest BCUT2D eigenvalue weighted by Crippen LogP contribution is 2.13. The van der Waals surface area contributed by atoms with Crippen LogP contribution < -0.4 is 5.32 Å². The van der Waals surface area contributed by atoms with Crippen LogP contribution in [0.1, 0.15) is 26.2 Å². The molecule has 0 aromatic rings. The van der Waals surface area contributed by atoms with Gasteiger partial charge in [-0.05, 0) is 26.2 Å². The molecule has 0 bridgehead atoms. The molecule has 20 heavy (non-hydrogen) atoms. The minimum Gasteiger partial charge on any atom is -0.480 e. The van der Waals surface area contributed by atoms with Gasteiger partial charge in [0.15, 0.2) is 6.04 Å². The number of carboxylic acid groups (broad SMARTS) is 1. The monoisotopic (exact) mass is 289 g/mol. The molecular formula is C13H23NO6. The maximum atomic E-state index is 11.8. The number of amides is 1. The van der Waals surface area contributed by atoms with Gasteiger partial charge in [0, 0.05) is 13.7 Å². The fourth-order valence-corrected chi connectivity index (χ4v) is 1.90. The van der Waals surface area contributed by atoms with Gasteiger partial charge >= 0.3 is 5.97 Å². The van der Waals surface area contributed by atoms with Crippen molar-refractivity contribution in [3.8, 4) is 0 Å². The molecule has 1 saturated heterocycles. The fraction of sp³-hybridized carbons (Fsp3) is 0.846. The van der Waals surface area contributed by atoms with Crippen molar-refractivity contribution in [2.24, 2.45) is 0 Å².